The number of nitrogens with one attached hydrogen (secondary N) is 2. The van der Waals surface area contributed by atoms with E-state index in [0.29, 0.717) is 10.5 Å². The summed E-state index contributed by atoms with van der Waals surface area (Å²) in [5, 5.41) is 6.66. The van der Waals surface area contributed by atoms with Crippen molar-refractivity contribution < 1.29 is 9.13 Å². The summed E-state index contributed by atoms with van der Waals surface area (Å²) in [4.78, 5) is 0. The number of hydrogen-bond donors (Lipinski definition) is 2. The van der Waals surface area contributed by atoms with Gasteiger partial charge in [-0.2, -0.15) is 0 Å². The summed E-state index contributed by atoms with van der Waals surface area (Å²) >= 11 is 3.18. The molecule has 1 rings (SSSR count). The molecule has 2 N–H and O–H groups in total. The average Bonchev–Trinajstić information content (AvgIpc) is 2.36. The van der Waals surface area contributed by atoms with Crippen LogP contribution < -0.4 is 10.6 Å². The maximum Gasteiger partial charge on any atom is 0.137 e. The molecule has 0 saturated carbocycles. The Morgan fingerprint density at radius 1 is 1.44 bits per heavy atom. The average molecular weight is 319 g/mol. The minimum Gasteiger partial charge on any atom is -0.383 e. The molecule has 0 spiro atoms. The number of halogens is 2. The molecule has 0 aliphatic carbocycles. The maximum atomic E-state index is 13.0. The minimum atomic E-state index is -0.229. The molecule has 0 fully saturated rings. The largest absolute Gasteiger partial charge is 0.383 e. The van der Waals surface area contributed by atoms with Gasteiger partial charge in [-0.1, -0.05) is 6.07 Å². The smallest absolute Gasteiger partial charge is 0.137 e. The van der Waals surface area contributed by atoms with Gasteiger partial charge in [-0.3, -0.25) is 0 Å². The number of hydrogen-bond acceptors (Lipinski definition) is 3. The maximum absolute atomic E-state index is 13.0. The number of benzene rings is 1. The van der Waals surface area contributed by atoms with Crippen LogP contribution in [0, 0.1) is 5.82 Å². The van der Waals surface area contributed by atoms with Crippen molar-refractivity contribution in [3.05, 3.63) is 34.1 Å². The summed E-state index contributed by atoms with van der Waals surface area (Å²) in [7, 11) is 1.69. The molecule has 5 heteroatoms. The second-order valence-corrected chi connectivity index (χ2v) is 5.08. The van der Waals surface area contributed by atoms with Gasteiger partial charge >= 0.3 is 0 Å². The molecule has 0 heterocycles. The third kappa shape index (κ3) is 5.91. The van der Waals surface area contributed by atoms with Gasteiger partial charge in [0.2, 0.25) is 0 Å². The summed E-state index contributed by atoms with van der Waals surface area (Å²) < 4.78 is 18.5. The monoisotopic (exact) mass is 318 g/mol. The lowest BCUT2D eigenvalue weighted by Gasteiger charge is -2.14. The molecule has 0 bridgehead atoms. The van der Waals surface area contributed by atoms with E-state index in [4.69, 9.17) is 4.74 Å². The Kier molecular flexibility index (Phi) is 7.42. The molecule has 0 aromatic heterocycles. The quantitative estimate of drug-likeness (QED) is 0.722. The highest BCUT2D eigenvalue weighted by Crippen LogP contribution is 2.16. The van der Waals surface area contributed by atoms with Crippen molar-refractivity contribution >= 4 is 15.9 Å². The molecular formula is C13H20BrFN2O. The zero-order valence-corrected chi connectivity index (χ0v) is 12.4. The van der Waals surface area contributed by atoms with Crippen LogP contribution in [0.3, 0.4) is 0 Å². The van der Waals surface area contributed by atoms with E-state index in [1.807, 2.05) is 0 Å². The Morgan fingerprint density at radius 3 is 2.89 bits per heavy atom. The topological polar surface area (TPSA) is 33.3 Å². The number of rotatable bonds is 8. The van der Waals surface area contributed by atoms with Gasteiger partial charge in [0.05, 0.1) is 11.1 Å². The molecule has 102 valence electrons. The van der Waals surface area contributed by atoms with Crippen molar-refractivity contribution in [3.8, 4) is 0 Å². The van der Waals surface area contributed by atoms with Gasteiger partial charge < -0.3 is 15.4 Å². The van der Waals surface area contributed by atoms with Crippen LogP contribution in [-0.4, -0.2) is 32.8 Å². The van der Waals surface area contributed by atoms with Gasteiger partial charge in [0, 0.05) is 32.8 Å². The van der Waals surface area contributed by atoms with E-state index in [-0.39, 0.29) is 5.82 Å². The Bertz CT molecular complexity index is 363. The van der Waals surface area contributed by atoms with Crippen LogP contribution in [0.15, 0.2) is 22.7 Å². The number of ether oxygens (including phenoxy) is 1. The van der Waals surface area contributed by atoms with Crippen LogP contribution in [0.1, 0.15) is 12.5 Å². The van der Waals surface area contributed by atoms with E-state index in [1.165, 1.54) is 6.07 Å². The van der Waals surface area contributed by atoms with Gasteiger partial charge in [0.25, 0.3) is 0 Å². The van der Waals surface area contributed by atoms with Crippen LogP contribution >= 0.6 is 15.9 Å². The van der Waals surface area contributed by atoms with Crippen molar-refractivity contribution in [2.75, 3.05) is 26.8 Å². The minimum absolute atomic E-state index is 0.229. The first-order valence-corrected chi connectivity index (χ1v) is 6.79. The third-order valence-electron chi connectivity index (χ3n) is 2.57. The molecule has 0 aliphatic heterocycles. The standard InChI is InChI=1S/C13H20BrFN2O/c1-10(8-16-5-6-18-2)17-9-11-3-4-13(15)12(14)7-11/h3-4,7,10,16-17H,5-6,8-9H2,1-2H3. The van der Waals surface area contributed by atoms with Gasteiger partial charge in [-0.05, 0) is 40.5 Å². The van der Waals surface area contributed by atoms with E-state index in [9.17, 15) is 4.39 Å². The fourth-order valence-corrected chi connectivity index (χ4v) is 1.93. The molecular weight excluding hydrogens is 299 g/mol. The highest BCUT2D eigenvalue weighted by atomic mass is 79.9. The molecule has 3 nitrogen and oxygen atoms in total. The molecule has 18 heavy (non-hydrogen) atoms. The summed E-state index contributed by atoms with van der Waals surface area (Å²) in [6, 6.07) is 5.42. The Morgan fingerprint density at radius 2 is 2.22 bits per heavy atom. The van der Waals surface area contributed by atoms with E-state index >= 15 is 0 Å². The second kappa shape index (κ2) is 8.58. The predicted octanol–water partition coefficient (Wildman–Crippen LogP) is 2.30. The van der Waals surface area contributed by atoms with Gasteiger partial charge in [0.15, 0.2) is 0 Å². The lowest BCUT2D eigenvalue weighted by molar-refractivity contribution is 0.198. The summed E-state index contributed by atoms with van der Waals surface area (Å²) in [6.07, 6.45) is 0. The van der Waals surface area contributed by atoms with E-state index < -0.39 is 0 Å². The Labute approximate surface area is 116 Å². The lowest BCUT2D eigenvalue weighted by Crippen LogP contribution is -2.37. The SMILES string of the molecule is COCCNCC(C)NCc1ccc(F)c(Br)c1. The lowest BCUT2D eigenvalue weighted by atomic mass is 10.2. The van der Waals surface area contributed by atoms with E-state index in [2.05, 4.69) is 33.5 Å². The second-order valence-electron chi connectivity index (χ2n) is 4.23. The first-order valence-electron chi connectivity index (χ1n) is 6.00. The summed E-state index contributed by atoms with van der Waals surface area (Å²) in [6.45, 7) is 5.29. The Balaban J connectivity index is 2.24. The van der Waals surface area contributed by atoms with E-state index in [1.54, 1.807) is 19.2 Å². The zero-order chi connectivity index (χ0) is 13.4. The van der Waals surface area contributed by atoms with Crippen molar-refractivity contribution in [1.82, 2.24) is 10.6 Å². The molecule has 1 aromatic rings. The van der Waals surface area contributed by atoms with Gasteiger partial charge in [-0.15, -0.1) is 0 Å². The molecule has 0 saturated heterocycles. The highest BCUT2D eigenvalue weighted by Gasteiger charge is 2.03. The molecule has 1 unspecified atom stereocenters. The first-order chi connectivity index (χ1) is 8.63. The predicted molar refractivity (Wildman–Crippen MR) is 75.1 cm³/mol. The fourth-order valence-electron chi connectivity index (χ4n) is 1.51. The molecule has 1 atom stereocenters. The zero-order valence-electron chi connectivity index (χ0n) is 10.8. The normalized spacial score (nSPS) is 12.7. The molecule has 0 amide bonds. The van der Waals surface area contributed by atoms with Crippen molar-refractivity contribution in [1.29, 1.82) is 0 Å². The third-order valence-corrected chi connectivity index (χ3v) is 3.18. The summed E-state index contributed by atoms with van der Waals surface area (Å²) in [5.41, 5.74) is 1.06. The van der Waals surface area contributed by atoms with Gasteiger partial charge in [-0.25, -0.2) is 4.39 Å². The summed E-state index contributed by atoms with van der Waals surface area (Å²) in [5.74, 6) is -0.229. The fraction of sp³-hybridized carbons (Fsp3) is 0.538. The van der Waals surface area contributed by atoms with Gasteiger partial charge in [0.1, 0.15) is 5.82 Å². The van der Waals surface area contributed by atoms with Crippen molar-refractivity contribution in [3.63, 3.8) is 0 Å². The molecule has 0 aliphatic rings. The van der Waals surface area contributed by atoms with Crippen LogP contribution in [0.4, 0.5) is 4.39 Å². The van der Waals surface area contributed by atoms with E-state index in [0.717, 1.165) is 31.8 Å². The highest BCUT2D eigenvalue weighted by molar-refractivity contribution is 9.10. The number of methoxy groups -OCH3 is 1. The van der Waals surface area contributed by atoms with Crippen LogP contribution in [0.25, 0.3) is 0 Å². The van der Waals surface area contributed by atoms with Crippen LogP contribution in [0.5, 0.6) is 0 Å². The van der Waals surface area contributed by atoms with Crippen LogP contribution in [0.2, 0.25) is 0 Å². The molecule has 0 radical (unpaired) electrons. The first kappa shape index (κ1) is 15.6. The molecule has 1 aromatic carbocycles. The Hall–Kier alpha value is -0.490. The van der Waals surface area contributed by atoms with Crippen LogP contribution in [-0.2, 0) is 11.3 Å². The van der Waals surface area contributed by atoms with Crippen molar-refractivity contribution in [2.45, 2.75) is 19.5 Å². The van der Waals surface area contributed by atoms with Crippen molar-refractivity contribution in [2.24, 2.45) is 0 Å².